The number of benzene rings is 2. The number of carbonyl (C=O) groups is 2. The maximum atomic E-state index is 13.4. The van der Waals surface area contributed by atoms with Crippen LogP contribution in [-0.2, 0) is 9.59 Å². The Morgan fingerprint density at radius 2 is 1.91 bits per heavy atom. The fourth-order valence-corrected chi connectivity index (χ4v) is 4.21. The molecule has 3 unspecified atom stereocenters. The zero-order valence-corrected chi connectivity index (χ0v) is 19.3. The van der Waals surface area contributed by atoms with Crippen molar-refractivity contribution in [3.8, 4) is 5.75 Å². The number of anilines is 2. The zero-order valence-electron chi connectivity index (χ0n) is 19.3. The first-order valence-electron chi connectivity index (χ1n) is 11.3. The SMILES string of the molecule is Cc1ccc(OCC(=O)Nc2cc(C)nn2C2NC(=O)C3CNN(c4ccc(F)cc4)C3N2)cc1. The second-order valence-corrected chi connectivity index (χ2v) is 8.60. The number of hydrazine groups is 1. The van der Waals surface area contributed by atoms with Crippen molar-refractivity contribution in [2.45, 2.75) is 26.3 Å². The predicted molar refractivity (Wildman–Crippen MR) is 127 cm³/mol. The second-order valence-electron chi connectivity index (χ2n) is 8.60. The first-order chi connectivity index (χ1) is 16.9. The molecule has 5 rings (SSSR count). The Balaban J connectivity index is 1.30. The van der Waals surface area contributed by atoms with Crippen LogP contribution in [0.2, 0.25) is 0 Å². The fourth-order valence-electron chi connectivity index (χ4n) is 4.21. The molecule has 0 spiro atoms. The molecule has 10 nitrogen and oxygen atoms in total. The molecule has 3 atom stereocenters. The topological polar surface area (TPSA) is 113 Å². The van der Waals surface area contributed by atoms with Gasteiger partial charge in [0.25, 0.3) is 5.91 Å². The monoisotopic (exact) mass is 479 g/mol. The Morgan fingerprint density at radius 1 is 1.17 bits per heavy atom. The first-order valence-corrected chi connectivity index (χ1v) is 11.3. The lowest BCUT2D eigenvalue weighted by Gasteiger charge is -2.37. The molecule has 2 fully saturated rings. The van der Waals surface area contributed by atoms with E-state index in [1.165, 1.54) is 16.8 Å². The van der Waals surface area contributed by atoms with Crippen molar-refractivity contribution in [2.24, 2.45) is 5.92 Å². The minimum absolute atomic E-state index is 0.163. The van der Waals surface area contributed by atoms with Crippen molar-refractivity contribution < 1.29 is 18.7 Å². The number of aromatic nitrogens is 2. The Kier molecular flexibility index (Phi) is 6.10. The molecular formula is C24H26FN7O3. The number of ether oxygens (including phenoxy) is 1. The normalized spacial score (nSPS) is 21.4. The van der Waals surface area contributed by atoms with Gasteiger partial charge in [0, 0.05) is 12.6 Å². The van der Waals surface area contributed by atoms with Crippen LogP contribution in [0, 0.1) is 25.6 Å². The van der Waals surface area contributed by atoms with E-state index in [-0.39, 0.29) is 30.2 Å². The van der Waals surface area contributed by atoms with Gasteiger partial charge in [-0.2, -0.15) is 5.10 Å². The van der Waals surface area contributed by atoms with Crippen molar-refractivity contribution >= 4 is 23.3 Å². The number of carbonyl (C=O) groups excluding carboxylic acids is 2. The van der Waals surface area contributed by atoms with Gasteiger partial charge in [0.05, 0.1) is 17.3 Å². The average molecular weight is 480 g/mol. The molecule has 0 aliphatic carbocycles. The highest BCUT2D eigenvalue weighted by Crippen LogP contribution is 2.28. The maximum absolute atomic E-state index is 13.4. The van der Waals surface area contributed by atoms with Gasteiger partial charge in [-0.05, 0) is 50.2 Å². The summed E-state index contributed by atoms with van der Waals surface area (Å²) >= 11 is 0. The summed E-state index contributed by atoms with van der Waals surface area (Å²) in [5.74, 6) is -0.219. The van der Waals surface area contributed by atoms with Crippen LogP contribution >= 0.6 is 0 Å². The maximum Gasteiger partial charge on any atom is 0.263 e. The summed E-state index contributed by atoms with van der Waals surface area (Å²) in [4.78, 5) is 25.5. The first kappa shape index (κ1) is 22.8. The Hall–Kier alpha value is -3.96. The van der Waals surface area contributed by atoms with E-state index >= 15 is 0 Å². The minimum Gasteiger partial charge on any atom is -0.484 e. The number of nitrogens with one attached hydrogen (secondary N) is 4. The van der Waals surface area contributed by atoms with E-state index in [4.69, 9.17) is 4.74 Å². The molecule has 0 saturated carbocycles. The molecule has 182 valence electrons. The molecule has 2 saturated heterocycles. The van der Waals surface area contributed by atoms with Gasteiger partial charge in [0.2, 0.25) is 5.91 Å². The van der Waals surface area contributed by atoms with Gasteiger partial charge in [-0.15, -0.1) is 0 Å². The molecule has 0 radical (unpaired) electrons. The standard InChI is InChI=1S/C24H26FN7O3/c1-14-3-9-18(10-4-14)35-13-21(33)27-20-11-15(2)30-32(20)24-28-22-19(23(34)29-24)12-26-31(22)17-7-5-16(25)6-8-17/h3-11,19,22,24,26,28H,12-13H2,1-2H3,(H,27,33)(H,29,34). The van der Waals surface area contributed by atoms with Crippen molar-refractivity contribution in [1.82, 2.24) is 25.8 Å². The lowest BCUT2D eigenvalue weighted by atomic mass is 10.0. The van der Waals surface area contributed by atoms with E-state index < -0.39 is 12.5 Å². The lowest BCUT2D eigenvalue weighted by molar-refractivity contribution is -0.129. The summed E-state index contributed by atoms with van der Waals surface area (Å²) in [7, 11) is 0. The third-order valence-corrected chi connectivity index (χ3v) is 5.95. The highest BCUT2D eigenvalue weighted by atomic mass is 19.1. The van der Waals surface area contributed by atoms with Crippen LogP contribution in [-0.4, -0.2) is 40.9 Å². The van der Waals surface area contributed by atoms with E-state index in [1.807, 2.05) is 19.1 Å². The van der Waals surface area contributed by atoms with Crippen LogP contribution in [0.4, 0.5) is 15.9 Å². The molecule has 0 bridgehead atoms. The number of aryl methyl sites for hydroxylation is 2. The second kappa shape index (κ2) is 9.35. The molecule has 2 amide bonds. The third kappa shape index (κ3) is 4.81. The van der Waals surface area contributed by atoms with Crippen LogP contribution in [0.15, 0.2) is 54.6 Å². The molecule has 2 aliphatic heterocycles. The number of fused-ring (bicyclic) bond motifs is 1. The fraction of sp³-hybridized carbons (Fsp3) is 0.292. The van der Waals surface area contributed by atoms with Crippen LogP contribution < -0.4 is 31.1 Å². The summed E-state index contributed by atoms with van der Waals surface area (Å²) in [5, 5.41) is 15.4. The van der Waals surface area contributed by atoms with Crippen molar-refractivity contribution in [1.29, 1.82) is 0 Å². The van der Waals surface area contributed by atoms with E-state index in [1.54, 1.807) is 42.3 Å². The van der Waals surface area contributed by atoms with Gasteiger partial charge in [-0.1, -0.05) is 17.7 Å². The van der Waals surface area contributed by atoms with Crippen LogP contribution in [0.5, 0.6) is 5.75 Å². The summed E-state index contributed by atoms with van der Waals surface area (Å²) in [6, 6.07) is 15.2. The largest absolute Gasteiger partial charge is 0.484 e. The molecule has 4 N–H and O–H groups in total. The molecule has 3 aromatic rings. The van der Waals surface area contributed by atoms with E-state index in [9.17, 15) is 14.0 Å². The van der Waals surface area contributed by atoms with E-state index in [0.717, 1.165) is 11.3 Å². The Morgan fingerprint density at radius 3 is 2.66 bits per heavy atom. The average Bonchev–Trinajstić information content (AvgIpc) is 3.43. The molecule has 3 heterocycles. The van der Waals surface area contributed by atoms with Crippen LogP contribution in [0.3, 0.4) is 0 Å². The Bertz CT molecular complexity index is 1230. The van der Waals surface area contributed by atoms with Gasteiger partial charge < -0.3 is 15.4 Å². The molecule has 35 heavy (non-hydrogen) atoms. The van der Waals surface area contributed by atoms with Gasteiger partial charge in [-0.25, -0.2) is 14.5 Å². The highest BCUT2D eigenvalue weighted by molar-refractivity contribution is 5.91. The van der Waals surface area contributed by atoms with Gasteiger partial charge >= 0.3 is 0 Å². The van der Waals surface area contributed by atoms with E-state index in [2.05, 4.69) is 26.5 Å². The van der Waals surface area contributed by atoms with Crippen molar-refractivity contribution in [3.63, 3.8) is 0 Å². The van der Waals surface area contributed by atoms with Crippen LogP contribution in [0.25, 0.3) is 0 Å². The van der Waals surface area contributed by atoms with Gasteiger partial charge in [-0.3, -0.25) is 19.9 Å². The highest BCUT2D eigenvalue weighted by Gasteiger charge is 2.45. The Labute approximate surface area is 201 Å². The van der Waals surface area contributed by atoms with Crippen molar-refractivity contribution in [2.75, 3.05) is 23.5 Å². The van der Waals surface area contributed by atoms with E-state index in [0.29, 0.717) is 23.8 Å². The summed E-state index contributed by atoms with van der Waals surface area (Å²) in [6.45, 7) is 4.02. The molecule has 1 aromatic heterocycles. The zero-order chi connectivity index (χ0) is 24.5. The molecule has 2 aliphatic rings. The number of nitrogens with zero attached hydrogens (tertiary/aromatic N) is 3. The minimum atomic E-state index is -0.714. The predicted octanol–water partition coefficient (Wildman–Crippen LogP) is 1.80. The number of rotatable bonds is 6. The summed E-state index contributed by atoms with van der Waals surface area (Å²) in [6.07, 6.45) is -1.12. The molecule has 11 heteroatoms. The molecule has 2 aromatic carbocycles. The smallest absolute Gasteiger partial charge is 0.263 e. The molecular weight excluding hydrogens is 453 g/mol. The number of amides is 2. The van der Waals surface area contributed by atoms with Gasteiger partial charge in [0.1, 0.15) is 23.6 Å². The summed E-state index contributed by atoms with van der Waals surface area (Å²) < 4.78 is 20.5. The number of hydrogen-bond acceptors (Lipinski definition) is 7. The number of hydrogen-bond donors (Lipinski definition) is 4. The van der Waals surface area contributed by atoms with Gasteiger partial charge in [0.15, 0.2) is 12.9 Å². The van der Waals surface area contributed by atoms with Crippen LogP contribution in [0.1, 0.15) is 17.5 Å². The lowest BCUT2D eigenvalue weighted by Crippen LogP contribution is -2.61. The third-order valence-electron chi connectivity index (χ3n) is 5.95. The number of halogens is 1. The quantitative estimate of drug-likeness (QED) is 0.427. The van der Waals surface area contributed by atoms with Crippen molar-refractivity contribution in [3.05, 3.63) is 71.7 Å². The summed E-state index contributed by atoms with van der Waals surface area (Å²) in [5.41, 5.74) is 5.68.